The van der Waals surface area contributed by atoms with Crippen LogP contribution in [0.4, 0.5) is 0 Å². The van der Waals surface area contributed by atoms with Crippen LogP contribution in [0.15, 0.2) is 29.1 Å². The van der Waals surface area contributed by atoms with E-state index in [1.807, 2.05) is 39.0 Å². The van der Waals surface area contributed by atoms with E-state index in [4.69, 9.17) is 11.6 Å². The molecule has 26 heavy (non-hydrogen) atoms. The highest BCUT2D eigenvalue weighted by atomic mass is 35.5. The molecule has 0 aliphatic heterocycles. The van der Waals surface area contributed by atoms with Gasteiger partial charge in [-0.05, 0) is 18.6 Å². The number of hydrogen-bond acceptors (Lipinski definition) is 5. The minimum Gasteiger partial charge on any atom is -0.350 e. The predicted molar refractivity (Wildman–Crippen MR) is 104 cm³/mol. The van der Waals surface area contributed by atoms with Crippen molar-refractivity contribution in [3.63, 3.8) is 0 Å². The molecule has 8 heteroatoms. The Labute approximate surface area is 159 Å². The van der Waals surface area contributed by atoms with Gasteiger partial charge in [0.1, 0.15) is 6.54 Å². The third-order valence-electron chi connectivity index (χ3n) is 3.90. The van der Waals surface area contributed by atoms with Crippen molar-refractivity contribution in [3.05, 3.63) is 55.9 Å². The first kappa shape index (κ1) is 18.5. The normalized spacial score (nSPS) is 11.3. The Bertz CT molecular complexity index is 1030. The van der Waals surface area contributed by atoms with Gasteiger partial charge in [0.2, 0.25) is 5.91 Å². The van der Waals surface area contributed by atoms with E-state index in [1.165, 1.54) is 16.0 Å². The fourth-order valence-electron chi connectivity index (χ4n) is 2.50. The third-order valence-corrected chi connectivity index (χ3v) is 5.73. The van der Waals surface area contributed by atoms with Crippen molar-refractivity contribution in [2.45, 2.75) is 39.8 Å². The van der Waals surface area contributed by atoms with Crippen LogP contribution < -0.4 is 10.9 Å². The summed E-state index contributed by atoms with van der Waals surface area (Å²) in [4.78, 5) is 29.3. The molecule has 0 aliphatic rings. The fraction of sp³-hybridized carbons (Fsp3) is 0.333. The minimum absolute atomic E-state index is 0.158. The van der Waals surface area contributed by atoms with Crippen molar-refractivity contribution in [1.82, 2.24) is 20.1 Å². The summed E-state index contributed by atoms with van der Waals surface area (Å²) in [5, 5.41) is 8.52. The smallest absolute Gasteiger partial charge is 0.294 e. The van der Waals surface area contributed by atoms with E-state index in [2.05, 4.69) is 15.4 Å². The molecule has 1 N–H and O–H groups in total. The first-order chi connectivity index (χ1) is 12.4. The lowest BCUT2D eigenvalue weighted by atomic mass is 10.2. The van der Waals surface area contributed by atoms with Crippen LogP contribution >= 0.6 is 22.9 Å². The zero-order chi connectivity index (χ0) is 18.8. The van der Waals surface area contributed by atoms with Crippen LogP contribution in [0.1, 0.15) is 36.0 Å². The number of nitrogens with one attached hydrogen (secondary N) is 1. The number of fused-ring (bicyclic) bond motifs is 1. The monoisotopic (exact) mass is 390 g/mol. The number of aromatic nitrogens is 3. The van der Waals surface area contributed by atoms with Crippen LogP contribution in [-0.2, 0) is 17.9 Å². The first-order valence-corrected chi connectivity index (χ1v) is 9.44. The molecule has 1 amide bonds. The van der Waals surface area contributed by atoms with Crippen LogP contribution in [0, 0.1) is 6.92 Å². The van der Waals surface area contributed by atoms with Gasteiger partial charge in [0.25, 0.3) is 5.56 Å². The fourth-order valence-corrected chi connectivity index (χ4v) is 3.71. The highest BCUT2D eigenvalue weighted by Gasteiger charge is 2.16. The van der Waals surface area contributed by atoms with Crippen molar-refractivity contribution in [2.24, 2.45) is 0 Å². The summed E-state index contributed by atoms with van der Waals surface area (Å²) in [6, 6.07) is 7.28. The maximum absolute atomic E-state index is 12.6. The molecule has 0 aliphatic carbocycles. The molecule has 1 aromatic carbocycles. The topological polar surface area (TPSA) is 76.9 Å². The van der Waals surface area contributed by atoms with E-state index in [0.717, 1.165) is 15.3 Å². The Balaban J connectivity index is 1.80. The molecule has 0 unspecified atom stereocenters. The average molecular weight is 391 g/mol. The zero-order valence-corrected chi connectivity index (χ0v) is 16.3. The van der Waals surface area contributed by atoms with E-state index in [9.17, 15) is 9.59 Å². The second-order valence-electron chi connectivity index (χ2n) is 6.30. The van der Waals surface area contributed by atoms with Crippen molar-refractivity contribution >= 4 is 39.1 Å². The van der Waals surface area contributed by atoms with Gasteiger partial charge in [-0.25, -0.2) is 9.67 Å². The Morgan fingerprint density at radius 3 is 2.77 bits per heavy atom. The summed E-state index contributed by atoms with van der Waals surface area (Å²) in [5.74, 6) is -0.0730. The summed E-state index contributed by atoms with van der Waals surface area (Å²) in [7, 11) is 0. The molecule has 0 spiro atoms. The van der Waals surface area contributed by atoms with Crippen molar-refractivity contribution < 1.29 is 4.79 Å². The molecular formula is C18H19ClN4O2S. The van der Waals surface area contributed by atoms with Crippen LogP contribution in [0.5, 0.6) is 0 Å². The lowest BCUT2D eigenvalue weighted by Gasteiger charge is -2.08. The maximum Gasteiger partial charge on any atom is 0.294 e. The molecule has 136 valence electrons. The molecule has 0 bridgehead atoms. The standard InChI is InChI=1S/C18H19ClN4O2S/c1-10(2)17-21-15-16(26-17)11(3)22-23(18(15)25)9-14(24)20-8-12-6-4-5-7-13(12)19/h4-7,10H,8-9H2,1-3H3,(H,20,24). The van der Waals surface area contributed by atoms with Gasteiger partial charge in [0.05, 0.1) is 15.4 Å². The molecule has 2 heterocycles. The largest absolute Gasteiger partial charge is 0.350 e. The summed E-state index contributed by atoms with van der Waals surface area (Å²) in [5.41, 5.74) is 1.55. The van der Waals surface area contributed by atoms with E-state index in [-0.39, 0.29) is 23.9 Å². The number of carbonyl (C=O) groups is 1. The first-order valence-electron chi connectivity index (χ1n) is 8.25. The van der Waals surface area contributed by atoms with Gasteiger partial charge in [0, 0.05) is 17.5 Å². The number of carbonyl (C=O) groups excluding carboxylic acids is 1. The minimum atomic E-state index is -0.346. The third kappa shape index (κ3) is 3.78. The van der Waals surface area contributed by atoms with Gasteiger partial charge >= 0.3 is 0 Å². The second kappa shape index (κ2) is 7.55. The van der Waals surface area contributed by atoms with Crippen molar-refractivity contribution in [3.8, 4) is 0 Å². The Kier molecular flexibility index (Phi) is 5.38. The molecule has 2 aromatic heterocycles. The second-order valence-corrected chi connectivity index (χ2v) is 7.74. The number of rotatable bonds is 5. The number of benzene rings is 1. The maximum atomic E-state index is 12.6. The molecule has 0 atom stereocenters. The van der Waals surface area contributed by atoms with E-state index in [0.29, 0.717) is 22.8 Å². The van der Waals surface area contributed by atoms with Crippen LogP contribution in [-0.4, -0.2) is 20.7 Å². The molecule has 0 radical (unpaired) electrons. The van der Waals surface area contributed by atoms with Gasteiger partial charge in [-0.15, -0.1) is 11.3 Å². The predicted octanol–water partition coefficient (Wildman–Crippen LogP) is 3.25. The Morgan fingerprint density at radius 1 is 1.35 bits per heavy atom. The van der Waals surface area contributed by atoms with Gasteiger partial charge < -0.3 is 5.32 Å². The number of hydrogen-bond donors (Lipinski definition) is 1. The molecule has 0 saturated carbocycles. The molecule has 0 saturated heterocycles. The van der Waals surface area contributed by atoms with Gasteiger partial charge in [-0.2, -0.15) is 5.10 Å². The number of nitrogens with zero attached hydrogens (tertiary/aromatic N) is 3. The highest BCUT2D eigenvalue weighted by Crippen LogP contribution is 2.26. The van der Waals surface area contributed by atoms with E-state index in [1.54, 1.807) is 6.07 Å². The summed E-state index contributed by atoms with van der Waals surface area (Å²) in [6.45, 7) is 6.02. The number of aryl methyl sites for hydroxylation is 1. The number of amides is 1. The average Bonchev–Trinajstić information content (AvgIpc) is 3.05. The van der Waals surface area contributed by atoms with Crippen LogP contribution in [0.2, 0.25) is 5.02 Å². The van der Waals surface area contributed by atoms with Gasteiger partial charge in [-0.1, -0.05) is 43.6 Å². The van der Waals surface area contributed by atoms with Gasteiger partial charge in [0.15, 0.2) is 5.52 Å². The molecule has 3 rings (SSSR count). The van der Waals surface area contributed by atoms with Crippen molar-refractivity contribution in [1.29, 1.82) is 0 Å². The summed E-state index contributed by atoms with van der Waals surface area (Å²) >= 11 is 7.56. The lowest BCUT2D eigenvalue weighted by Crippen LogP contribution is -2.33. The van der Waals surface area contributed by atoms with Crippen LogP contribution in [0.25, 0.3) is 10.2 Å². The molecular weight excluding hydrogens is 372 g/mol. The number of halogens is 1. The number of thiazole rings is 1. The lowest BCUT2D eigenvalue weighted by molar-refractivity contribution is -0.122. The molecule has 3 aromatic rings. The van der Waals surface area contributed by atoms with Crippen LogP contribution in [0.3, 0.4) is 0 Å². The Morgan fingerprint density at radius 2 is 2.08 bits per heavy atom. The molecule has 0 fully saturated rings. The van der Waals surface area contributed by atoms with Gasteiger partial charge in [-0.3, -0.25) is 9.59 Å². The van der Waals surface area contributed by atoms with E-state index >= 15 is 0 Å². The quantitative estimate of drug-likeness (QED) is 0.725. The zero-order valence-electron chi connectivity index (χ0n) is 14.7. The van der Waals surface area contributed by atoms with E-state index < -0.39 is 0 Å². The Hall–Kier alpha value is -2.25. The summed E-state index contributed by atoms with van der Waals surface area (Å²) < 4.78 is 1.95. The SMILES string of the molecule is Cc1nn(CC(=O)NCc2ccccc2Cl)c(=O)c2nc(C(C)C)sc12. The highest BCUT2D eigenvalue weighted by molar-refractivity contribution is 7.18. The molecule has 6 nitrogen and oxygen atoms in total. The summed E-state index contributed by atoms with van der Waals surface area (Å²) in [6.07, 6.45) is 0. The van der Waals surface area contributed by atoms with Crippen molar-refractivity contribution in [2.75, 3.05) is 0 Å².